The molecule has 3 aromatic rings. The Morgan fingerprint density at radius 1 is 1.35 bits per heavy atom. The van der Waals surface area contributed by atoms with Crippen LogP contribution in [0, 0.1) is 4.77 Å². The van der Waals surface area contributed by atoms with Crippen LogP contribution in [0.15, 0.2) is 36.7 Å². The molecule has 0 aliphatic carbocycles. The van der Waals surface area contributed by atoms with Crippen LogP contribution < -0.4 is 4.74 Å². The third-order valence-corrected chi connectivity index (χ3v) is 3.63. The Morgan fingerprint density at radius 3 is 3.00 bits per heavy atom. The van der Waals surface area contributed by atoms with Gasteiger partial charge in [0, 0.05) is 31.5 Å². The summed E-state index contributed by atoms with van der Waals surface area (Å²) >= 11 is 5.39. The highest BCUT2D eigenvalue weighted by atomic mass is 32.1. The molecule has 0 unspecified atom stereocenters. The van der Waals surface area contributed by atoms with E-state index in [1.807, 2.05) is 35.1 Å². The Kier molecular flexibility index (Phi) is 3.56. The van der Waals surface area contributed by atoms with Crippen molar-refractivity contribution in [2.75, 3.05) is 7.11 Å². The molecule has 0 radical (unpaired) electrons. The monoisotopic (exact) mass is 288 g/mol. The summed E-state index contributed by atoms with van der Waals surface area (Å²) in [6.45, 7) is 1.73. The lowest BCUT2D eigenvalue weighted by Gasteiger charge is -2.06. The second kappa shape index (κ2) is 5.50. The second-order valence-corrected chi connectivity index (χ2v) is 4.97. The van der Waals surface area contributed by atoms with Gasteiger partial charge in [-0.15, -0.1) is 0 Å². The van der Waals surface area contributed by atoms with Crippen molar-refractivity contribution >= 4 is 23.3 Å². The van der Waals surface area contributed by atoms with E-state index in [2.05, 4.69) is 14.6 Å². The zero-order valence-electron chi connectivity index (χ0n) is 11.2. The molecule has 1 N–H and O–H groups in total. The molecule has 0 saturated heterocycles. The summed E-state index contributed by atoms with van der Waals surface area (Å²) in [6.07, 6.45) is 4.74. The number of methoxy groups -OCH3 is 1. The molecular formula is C14H16N4OS. The Balaban J connectivity index is 1.82. The molecule has 0 aliphatic rings. The third-order valence-electron chi connectivity index (χ3n) is 3.31. The summed E-state index contributed by atoms with van der Waals surface area (Å²) in [4.78, 5) is 3.22. The Hall–Kier alpha value is -2.08. The fourth-order valence-electron chi connectivity index (χ4n) is 2.31. The highest BCUT2D eigenvalue weighted by Gasteiger charge is 2.05. The number of imidazole rings is 1. The number of benzene rings is 1. The molecule has 0 bridgehead atoms. The predicted molar refractivity (Wildman–Crippen MR) is 80.5 cm³/mol. The van der Waals surface area contributed by atoms with Crippen LogP contribution in [0.2, 0.25) is 0 Å². The van der Waals surface area contributed by atoms with Crippen LogP contribution in [0.3, 0.4) is 0 Å². The maximum atomic E-state index is 5.39. The summed E-state index contributed by atoms with van der Waals surface area (Å²) in [5.74, 6) is 0.840. The molecule has 2 heterocycles. The molecule has 5 nitrogen and oxygen atoms in total. The third kappa shape index (κ3) is 2.46. The van der Waals surface area contributed by atoms with Crippen LogP contribution in [0.4, 0.5) is 0 Å². The van der Waals surface area contributed by atoms with Gasteiger partial charge in [0.2, 0.25) is 0 Å². The van der Waals surface area contributed by atoms with Crippen molar-refractivity contribution in [3.8, 4) is 5.75 Å². The maximum Gasteiger partial charge on any atom is 0.178 e. The zero-order valence-corrected chi connectivity index (χ0v) is 12.1. The highest BCUT2D eigenvalue weighted by Crippen LogP contribution is 2.21. The van der Waals surface area contributed by atoms with Gasteiger partial charge >= 0.3 is 0 Å². The Labute approximate surface area is 121 Å². The lowest BCUT2D eigenvalue weighted by atomic mass is 10.3. The van der Waals surface area contributed by atoms with E-state index in [4.69, 9.17) is 17.0 Å². The van der Waals surface area contributed by atoms with Gasteiger partial charge in [-0.2, -0.15) is 5.10 Å². The van der Waals surface area contributed by atoms with Crippen molar-refractivity contribution in [3.05, 3.63) is 41.4 Å². The standard InChI is InChI=1S/C14H16N4OS/c1-19-11-4-5-12-13(10-11)18(14(20)16-12)9-3-8-17-7-2-6-15-17/h2,4-7,10H,3,8-9H2,1H3,(H,16,20). The number of nitrogens with one attached hydrogen (secondary N) is 1. The fraction of sp³-hybridized carbons (Fsp3) is 0.286. The molecule has 0 spiro atoms. The summed E-state index contributed by atoms with van der Waals surface area (Å²) in [6, 6.07) is 7.87. The first-order chi connectivity index (χ1) is 9.78. The quantitative estimate of drug-likeness (QED) is 0.734. The van der Waals surface area contributed by atoms with Gasteiger partial charge < -0.3 is 14.3 Å². The summed E-state index contributed by atoms with van der Waals surface area (Å²) in [7, 11) is 1.67. The number of hydrogen-bond acceptors (Lipinski definition) is 3. The number of fused-ring (bicyclic) bond motifs is 1. The molecule has 20 heavy (non-hydrogen) atoms. The largest absolute Gasteiger partial charge is 0.497 e. The zero-order chi connectivity index (χ0) is 13.9. The van der Waals surface area contributed by atoms with Crippen molar-refractivity contribution in [2.24, 2.45) is 0 Å². The SMILES string of the molecule is COc1ccc2[nH]c(=S)n(CCCn3cccn3)c2c1. The van der Waals surface area contributed by atoms with Gasteiger partial charge in [-0.1, -0.05) is 0 Å². The van der Waals surface area contributed by atoms with E-state index in [9.17, 15) is 0 Å². The van der Waals surface area contributed by atoms with Crippen LogP contribution >= 0.6 is 12.2 Å². The van der Waals surface area contributed by atoms with Crippen LogP contribution in [0.5, 0.6) is 5.75 Å². The van der Waals surface area contributed by atoms with Crippen LogP contribution in [-0.2, 0) is 13.1 Å². The number of ether oxygens (including phenoxy) is 1. The van der Waals surface area contributed by atoms with Crippen molar-refractivity contribution in [1.29, 1.82) is 0 Å². The van der Waals surface area contributed by atoms with E-state index < -0.39 is 0 Å². The first-order valence-corrected chi connectivity index (χ1v) is 6.93. The first-order valence-electron chi connectivity index (χ1n) is 6.52. The molecule has 0 atom stereocenters. The topological polar surface area (TPSA) is 47.8 Å². The Bertz CT molecular complexity index is 757. The van der Waals surface area contributed by atoms with E-state index >= 15 is 0 Å². The predicted octanol–water partition coefficient (Wildman–Crippen LogP) is 2.99. The molecule has 0 fully saturated rings. The van der Waals surface area contributed by atoms with Crippen LogP contribution in [0.25, 0.3) is 11.0 Å². The molecule has 2 aromatic heterocycles. The minimum Gasteiger partial charge on any atom is -0.497 e. The number of nitrogens with zero attached hydrogens (tertiary/aromatic N) is 3. The summed E-state index contributed by atoms with van der Waals surface area (Å²) in [5.41, 5.74) is 2.12. The van der Waals surface area contributed by atoms with Gasteiger partial charge in [0.1, 0.15) is 5.75 Å². The second-order valence-electron chi connectivity index (χ2n) is 4.59. The fourth-order valence-corrected chi connectivity index (χ4v) is 2.60. The highest BCUT2D eigenvalue weighted by molar-refractivity contribution is 7.71. The number of hydrogen-bond donors (Lipinski definition) is 1. The van der Waals surface area contributed by atoms with Crippen LogP contribution in [-0.4, -0.2) is 26.4 Å². The molecule has 3 rings (SSSR count). The number of aromatic nitrogens is 4. The van der Waals surface area contributed by atoms with E-state index in [0.717, 1.165) is 41.1 Å². The van der Waals surface area contributed by atoms with Crippen molar-refractivity contribution in [2.45, 2.75) is 19.5 Å². The lowest BCUT2D eigenvalue weighted by Crippen LogP contribution is -2.04. The average molecular weight is 288 g/mol. The van der Waals surface area contributed by atoms with E-state index in [-0.39, 0.29) is 0 Å². The van der Waals surface area contributed by atoms with Gasteiger partial charge in [-0.25, -0.2) is 0 Å². The van der Waals surface area contributed by atoms with Gasteiger partial charge in [-0.3, -0.25) is 4.68 Å². The summed E-state index contributed by atoms with van der Waals surface area (Å²) in [5, 5.41) is 4.20. The van der Waals surface area contributed by atoms with Gasteiger partial charge in [0.25, 0.3) is 0 Å². The van der Waals surface area contributed by atoms with Crippen LogP contribution in [0.1, 0.15) is 6.42 Å². The smallest absolute Gasteiger partial charge is 0.178 e. The Morgan fingerprint density at radius 2 is 2.25 bits per heavy atom. The molecule has 0 amide bonds. The maximum absolute atomic E-state index is 5.39. The molecule has 104 valence electrons. The minimum absolute atomic E-state index is 0.744. The molecule has 0 aliphatic heterocycles. The number of H-pyrrole nitrogens is 1. The average Bonchev–Trinajstić information content (AvgIpc) is 3.07. The molecule has 6 heteroatoms. The van der Waals surface area contributed by atoms with Crippen molar-refractivity contribution < 1.29 is 4.74 Å². The lowest BCUT2D eigenvalue weighted by molar-refractivity contribution is 0.415. The molecule has 1 aromatic carbocycles. The van der Waals surface area contributed by atoms with E-state index in [1.54, 1.807) is 13.3 Å². The number of rotatable bonds is 5. The number of aryl methyl sites for hydroxylation is 2. The van der Waals surface area contributed by atoms with Gasteiger partial charge in [0.15, 0.2) is 4.77 Å². The van der Waals surface area contributed by atoms with Gasteiger partial charge in [0.05, 0.1) is 18.1 Å². The number of aromatic amines is 1. The molecule has 0 saturated carbocycles. The van der Waals surface area contributed by atoms with Crippen molar-refractivity contribution in [1.82, 2.24) is 19.3 Å². The summed E-state index contributed by atoms with van der Waals surface area (Å²) < 4.78 is 10.1. The first kappa shape index (κ1) is 12.9. The van der Waals surface area contributed by atoms with Crippen molar-refractivity contribution in [3.63, 3.8) is 0 Å². The molecular weight excluding hydrogens is 272 g/mol. The van der Waals surface area contributed by atoms with E-state index in [0.29, 0.717) is 0 Å². The van der Waals surface area contributed by atoms with E-state index in [1.165, 1.54) is 0 Å². The minimum atomic E-state index is 0.744. The van der Waals surface area contributed by atoms with Gasteiger partial charge in [-0.05, 0) is 36.8 Å². The normalized spacial score (nSPS) is 11.1.